The molecule has 0 unspecified atom stereocenters. The Balaban J connectivity index is 2.25. The average Bonchev–Trinajstić information content (AvgIpc) is 2.79. The number of hydrogen-bond acceptors (Lipinski definition) is 6. The van der Waals surface area contributed by atoms with Gasteiger partial charge in [0.15, 0.2) is 5.03 Å². The largest absolute Gasteiger partial charge is 0.332 e. The summed E-state index contributed by atoms with van der Waals surface area (Å²) >= 11 is 0. The molecule has 0 aliphatic heterocycles. The van der Waals surface area contributed by atoms with Gasteiger partial charge in [-0.3, -0.25) is 0 Å². The van der Waals surface area contributed by atoms with E-state index < -0.39 is 10.0 Å². The molecule has 17 heavy (non-hydrogen) atoms. The molecule has 0 amide bonds. The van der Waals surface area contributed by atoms with Gasteiger partial charge in [-0.25, -0.2) is 14.7 Å². The molecule has 0 spiro atoms. The van der Waals surface area contributed by atoms with Crippen molar-refractivity contribution in [3.63, 3.8) is 0 Å². The number of nitrogens with one attached hydrogen (secondary N) is 2. The zero-order chi connectivity index (χ0) is 12.3. The number of aromatic nitrogens is 5. The monoisotopic (exact) mass is 254 g/mol. The number of nitrogens with zero attached hydrogens (tertiary/aromatic N) is 4. The van der Waals surface area contributed by atoms with Crippen molar-refractivity contribution in [3.8, 4) is 0 Å². The molecule has 0 aromatic carbocycles. The van der Waals surface area contributed by atoms with E-state index in [-0.39, 0.29) is 11.0 Å². The first-order valence-corrected chi connectivity index (χ1v) is 6.30. The van der Waals surface area contributed by atoms with E-state index in [9.17, 15) is 8.42 Å². The van der Waals surface area contributed by atoms with Crippen molar-refractivity contribution >= 4 is 16.0 Å². The molecule has 0 aliphatic rings. The first-order valence-electron chi connectivity index (χ1n) is 4.82. The van der Waals surface area contributed by atoms with Gasteiger partial charge in [-0.2, -0.15) is 13.5 Å². The molecule has 0 aliphatic carbocycles. The molecular formula is C8H10N6O2S. The molecule has 8 nitrogen and oxygen atoms in total. The fourth-order valence-corrected chi connectivity index (χ4v) is 2.02. The lowest BCUT2D eigenvalue weighted by Gasteiger charge is -2.02. The van der Waals surface area contributed by atoms with Crippen LogP contribution in [0.15, 0.2) is 23.6 Å². The van der Waals surface area contributed by atoms with E-state index in [2.05, 4.69) is 29.9 Å². The highest BCUT2D eigenvalue weighted by Gasteiger charge is 2.18. The Morgan fingerprint density at radius 2 is 2.18 bits per heavy atom. The predicted molar refractivity (Wildman–Crippen MR) is 58.6 cm³/mol. The molecule has 2 heterocycles. The molecule has 2 aromatic rings. The van der Waals surface area contributed by atoms with Crippen molar-refractivity contribution in [2.24, 2.45) is 0 Å². The standard InChI is InChI=1S/C8H10N6O2S/c1-2-6-10-5-7(12-6)17(15,16)14-8-9-3-4-11-13-8/h3-5H,2H2,1H3,(H,10,12)(H,9,13,14). The van der Waals surface area contributed by atoms with Gasteiger partial charge >= 0.3 is 0 Å². The molecule has 2 rings (SSSR count). The fourth-order valence-electron chi connectivity index (χ4n) is 1.13. The summed E-state index contributed by atoms with van der Waals surface area (Å²) in [6.45, 7) is 1.87. The second-order valence-electron chi connectivity index (χ2n) is 3.12. The van der Waals surface area contributed by atoms with Crippen LogP contribution in [-0.2, 0) is 16.4 Å². The minimum absolute atomic E-state index is 0.0261. The molecule has 0 bridgehead atoms. The molecule has 0 saturated heterocycles. The number of anilines is 1. The molecule has 90 valence electrons. The third-order valence-corrected chi connectivity index (χ3v) is 3.18. The summed E-state index contributed by atoms with van der Waals surface area (Å²) in [5, 5.41) is 7.02. The Morgan fingerprint density at radius 3 is 2.76 bits per heavy atom. The van der Waals surface area contributed by atoms with Crippen molar-refractivity contribution in [2.45, 2.75) is 18.4 Å². The van der Waals surface area contributed by atoms with Crippen LogP contribution in [0, 0.1) is 0 Å². The fraction of sp³-hybridized carbons (Fsp3) is 0.250. The summed E-state index contributed by atoms with van der Waals surface area (Å²) in [6, 6.07) is 0. The lowest BCUT2D eigenvalue weighted by Crippen LogP contribution is -2.15. The van der Waals surface area contributed by atoms with Crippen LogP contribution in [0.5, 0.6) is 0 Å². The molecule has 0 saturated carbocycles. The Hall–Kier alpha value is -2.03. The Kier molecular flexibility index (Phi) is 3.00. The first-order chi connectivity index (χ1) is 8.12. The SMILES string of the molecule is CCc1ncc(S(=O)(=O)Nc2nccnn2)[nH]1. The molecule has 2 N–H and O–H groups in total. The van der Waals surface area contributed by atoms with Crippen LogP contribution < -0.4 is 4.72 Å². The van der Waals surface area contributed by atoms with Gasteiger partial charge in [0.1, 0.15) is 5.82 Å². The number of aryl methyl sites for hydroxylation is 1. The first kappa shape index (κ1) is 11.5. The van der Waals surface area contributed by atoms with Gasteiger partial charge in [-0.1, -0.05) is 6.92 Å². The molecule has 0 fully saturated rings. The predicted octanol–water partition coefficient (Wildman–Crippen LogP) is -0.0421. The van der Waals surface area contributed by atoms with Crippen LogP contribution >= 0.6 is 0 Å². The quantitative estimate of drug-likeness (QED) is 0.791. The Labute approximate surface area is 97.6 Å². The van der Waals surface area contributed by atoms with Crippen LogP contribution in [0.4, 0.5) is 5.95 Å². The van der Waals surface area contributed by atoms with Crippen molar-refractivity contribution < 1.29 is 8.42 Å². The summed E-state index contributed by atoms with van der Waals surface area (Å²) in [6.07, 6.45) is 4.56. The van der Waals surface area contributed by atoms with E-state index in [1.54, 1.807) is 0 Å². The van der Waals surface area contributed by atoms with Gasteiger partial charge in [0.2, 0.25) is 0 Å². The zero-order valence-corrected chi connectivity index (χ0v) is 9.77. The molecule has 2 aromatic heterocycles. The number of H-pyrrole nitrogens is 1. The maximum atomic E-state index is 11.8. The van der Waals surface area contributed by atoms with Gasteiger partial charge in [-0.15, -0.1) is 5.10 Å². The summed E-state index contributed by atoms with van der Waals surface area (Å²) < 4.78 is 25.9. The van der Waals surface area contributed by atoms with Crippen LogP contribution in [0.3, 0.4) is 0 Å². The lowest BCUT2D eigenvalue weighted by atomic mass is 10.5. The number of hydrogen-bond donors (Lipinski definition) is 2. The second-order valence-corrected chi connectivity index (χ2v) is 4.77. The summed E-state index contributed by atoms with van der Waals surface area (Å²) in [5.41, 5.74) is 0. The number of rotatable bonds is 4. The van der Waals surface area contributed by atoms with Gasteiger partial charge in [0.05, 0.1) is 18.6 Å². The smallest absolute Gasteiger partial charge is 0.281 e. The van der Waals surface area contributed by atoms with Crippen LogP contribution in [-0.4, -0.2) is 33.6 Å². The number of aromatic amines is 1. The van der Waals surface area contributed by atoms with E-state index >= 15 is 0 Å². The van der Waals surface area contributed by atoms with Crippen molar-refractivity contribution in [1.82, 2.24) is 25.1 Å². The van der Waals surface area contributed by atoms with E-state index in [1.165, 1.54) is 18.6 Å². The second kappa shape index (κ2) is 4.45. The van der Waals surface area contributed by atoms with Crippen LogP contribution in [0.1, 0.15) is 12.7 Å². The average molecular weight is 254 g/mol. The van der Waals surface area contributed by atoms with E-state index in [4.69, 9.17) is 0 Å². The van der Waals surface area contributed by atoms with Gasteiger partial charge in [0, 0.05) is 6.42 Å². The molecule has 0 atom stereocenters. The van der Waals surface area contributed by atoms with Gasteiger partial charge in [0.25, 0.3) is 16.0 Å². The van der Waals surface area contributed by atoms with Crippen LogP contribution in [0.25, 0.3) is 0 Å². The highest BCUT2D eigenvalue weighted by molar-refractivity contribution is 7.92. The highest BCUT2D eigenvalue weighted by atomic mass is 32.2. The van der Waals surface area contributed by atoms with Gasteiger partial charge in [-0.05, 0) is 0 Å². The third kappa shape index (κ3) is 2.56. The topological polar surface area (TPSA) is 114 Å². The Morgan fingerprint density at radius 1 is 1.35 bits per heavy atom. The summed E-state index contributed by atoms with van der Waals surface area (Å²) in [4.78, 5) is 10.3. The normalized spacial score (nSPS) is 11.4. The highest BCUT2D eigenvalue weighted by Crippen LogP contribution is 2.09. The van der Waals surface area contributed by atoms with Crippen molar-refractivity contribution in [3.05, 3.63) is 24.4 Å². The van der Waals surface area contributed by atoms with Gasteiger partial charge < -0.3 is 4.98 Å². The molecular weight excluding hydrogens is 244 g/mol. The molecule has 0 radical (unpaired) electrons. The summed E-state index contributed by atoms with van der Waals surface area (Å²) in [5.74, 6) is 0.512. The summed E-state index contributed by atoms with van der Waals surface area (Å²) in [7, 11) is -3.74. The Bertz CT molecular complexity index is 593. The van der Waals surface area contributed by atoms with Crippen molar-refractivity contribution in [2.75, 3.05) is 4.72 Å². The van der Waals surface area contributed by atoms with E-state index in [1.807, 2.05) is 6.92 Å². The molecule has 9 heteroatoms. The minimum Gasteiger partial charge on any atom is -0.332 e. The minimum atomic E-state index is -3.74. The lowest BCUT2D eigenvalue weighted by molar-refractivity contribution is 0.597. The number of sulfonamides is 1. The maximum absolute atomic E-state index is 11.8. The van der Waals surface area contributed by atoms with E-state index in [0.29, 0.717) is 12.2 Å². The van der Waals surface area contributed by atoms with Crippen LogP contribution in [0.2, 0.25) is 0 Å². The zero-order valence-electron chi connectivity index (χ0n) is 8.95. The number of imidazole rings is 1. The van der Waals surface area contributed by atoms with Crippen molar-refractivity contribution in [1.29, 1.82) is 0 Å². The third-order valence-electron chi connectivity index (χ3n) is 1.94. The maximum Gasteiger partial charge on any atom is 0.281 e. The van der Waals surface area contributed by atoms with E-state index in [0.717, 1.165) is 0 Å².